The lowest BCUT2D eigenvalue weighted by Gasteiger charge is -2.23. The van der Waals surface area contributed by atoms with Crippen molar-refractivity contribution in [2.75, 3.05) is 19.7 Å². The van der Waals surface area contributed by atoms with E-state index in [1.54, 1.807) is 22.7 Å². The van der Waals surface area contributed by atoms with Crippen LogP contribution in [0.25, 0.3) is 0 Å². The minimum Gasteiger partial charge on any atom is -0.371 e. The maximum absolute atomic E-state index is 6.18. The van der Waals surface area contributed by atoms with Crippen LogP contribution < -0.4 is 0 Å². The number of hydrogen-bond acceptors (Lipinski definition) is 6. The first-order valence-corrected chi connectivity index (χ1v) is 9.93. The highest BCUT2D eigenvalue weighted by molar-refractivity contribution is 7.09. The Morgan fingerprint density at radius 2 is 2.43 bits per heavy atom. The van der Waals surface area contributed by atoms with E-state index in [9.17, 15) is 0 Å². The average molecular weight is 351 g/mol. The van der Waals surface area contributed by atoms with Gasteiger partial charge in [0.1, 0.15) is 0 Å². The Labute approximate surface area is 145 Å². The summed E-state index contributed by atoms with van der Waals surface area (Å²) in [7, 11) is 0. The van der Waals surface area contributed by atoms with Crippen LogP contribution in [-0.2, 0) is 22.6 Å². The van der Waals surface area contributed by atoms with E-state index < -0.39 is 0 Å². The highest BCUT2D eigenvalue weighted by Gasteiger charge is 2.45. The summed E-state index contributed by atoms with van der Waals surface area (Å²) < 4.78 is 12.2. The quantitative estimate of drug-likeness (QED) is 0.827. The van der Waals surface area contributed by atoms with Crippen LogP contribution in [0, 0.1) is 6.92 Å². The third-order valence-electron chi connectivity index (χ3n) is 4.69. The highest BCUT2D eigenvalue weighted by atomic mass is 32.1. The molecule has 0 radical (unpaired) electrons. The van der Waals surface area contributed by atoms with Crippen molar-refractivity contribution < 1.29 is 9.47 Å². The number of aromatic nitrogens is 1. The van der Waals surface area contributed by atoms with Gasteiger partial charge in [-0.15, -0.1) is 11.3 Å². The van der Waals surface area contributed by atoms with Gasteiger partial charge in [0.25, 0.3) is 0 Å². The number of rotatable bonds is 5. The van der Waals surface area contributed by atoms with Crippen LogP contribution in [-0.4, -0.2) is 41.3 Å². The summed E-state index contributed by atoms with van der Waals surface area (Å²) in [5.41, 5.74) is 2.47. The summed E-state index contributed by atoms with van der Waals surface area (Å²) in [5.74, 6) is 0. The number of nitrogens with zero attached hydrogens (tertiary/aromatic N) is 2. The number of thiazole rings is 1. The van der Waals surface area contributed by atoms with Gasteiger partial charge in [0.05, 0.1) is 35.6 Å². The molecule has 0 amide bonds. The molecule has 2 aliphatic heterocycles. The van der Waals surface area contributed by atoms with Crippen LogP contribution in [0.4, 0.5) is 0 Å². The zero-order valence-corrected chi connectivity index (χ0v) is 15.0. The lowest BCUT2D eigenvalue weighted by Crippen LogP contribution is -2.32. The van der Waals surface area contributed by atoms with E-state index in [0.29, 0.717) is 6.61 Å². The molecular formula is C17H22N2O2S2. The summed E-state index contributed by atoms with van der Waals surface area (Å²) in [6.45, 7) is 6.54. The number of likely N-dealkylation sites (tertiary alicyclic amines) is 1. The van der Waals surface area contributed by atoms with Crippen LogP contribution in [0.2, 0.25) is 0 Å². The number of thiophene rings is 1. The Morgan fingerprint density at radius 1 is 1.48 bits per heavy atom. The molecule has 0 N–H and O–H groups in total. The molecule has 4 rings (SSSR count). The van der Waals surface area contributed by atoms with E-state index in [0.717, 1.165) is 49.8 Å². The molecule has 2 aromatic heterocycles. The smallest absolute Gasteiger partial charge is 0.0901 e. The Bertz CT molecular complexity index is 643. The molecule has 2 aliphatic rings. The van der Waals surface area contributed by atoms with Crippen molar-refractivity contribution in [3.05, 3.63) is 38.5 Å². The van der Waals surface area contributed by atoms with Crippen molar-refractivity contribution in [2.45, 2.75) is 44.6 Å². The molecule has 4 nitrogen and oxygen atoms in total. The third-order valence-corrected chi connectivity index (χ3v) is 6.24. The minimum absolute atomic E-state index is 0.0126. The second-order valence-corrected chi connectivity index (χ2v) is 8.42. The van der Waals surface area contributed by atoms with E-state index in [1.165, 1.54) is 5.56 Å². The third kappa shape index (κ3) is 3.67. The second-order valence-electron chi connectivity index (χ2n) is 6.58. The molecule has 2 aromatic rings. The van der Waals surface area contributed by atoms with Crippen LogP contribution in [0.5, 0.6) is 0 Å². The predicted molar refractivity (Wildman–Crippen MR) is 92.9 cm³/mol. The van der Waals surface area contributed by atoms with Gasteiger partial charge in [-0.05, 0) is 35.7 Å². The Morgan fingerprint density at radius 3 is 3.22 bits per heavy atom. The number of ether oxygens (including phenoxy) is 2. The van der Waals surface area contributed by atoms with Gasteiger partial charge in [0.2, 0.25) is 0 Å². The summed E-state index contributed by atoms with van der Waals surface area (Å²) >= 11 is 3.45. The second kappa shape index (κ2) is 6.61. The number of hydrogen-bond donors (Lipinski definition) is 0. The van der Waals surface area contributed by atoms with Gasteiger partial charge in [0, 0.05) is 31.4 Å². The van der Waals surface area contributed by atoms with Gasteiger partial charge < -0.3 is 9.47 Å². The largest absolute Gasteiger partial charge is 0.371 e. The maximum Gasteiger partial charge on any atom is 0.0901 e. The SMILES string of the molecule is Cc1nc(CO[C@@H]2CO[C@@]3(CCN(Cc4ccsc4)C3)C2)cs1. The van der Waals surface area contributed by atoms with Gasteiger partial charge in [0.15, 0.2) is 0 Å². The van der Waals surface area contributed by atoms with Crippen LogP contribution in [0.1, 0.15) is 29.1 Å². The first kappa shape index (κ1) is 15.7. The van der Waals surface area contributed by atoms with E-state index in [2.05, 4.69) is 32.1 Å². The fraction of sp³-hybridized carbons (Fsp3) is 0.588. The van der Waals surface area contributed by atoms with E-state index >= 15 is 0 Å². The average Bonchev–Trinajstić information content (AvgIpc) is 3.29. The maximum atomic E-state index is 6.18. The van der Waals surface area contributed by atoms with E-state index in [-0.39, 0.29) is 11.7 Å². The normalized spacial score (nSPS) is 28.1. The molecular weight excluding hydrogens is 328 g/mol. The summed E-state index contributed by atoms with van der Waals surface area (Å²) in [4.78, 5) is 6.97. The molecule has 2 fully saturated rings. The van der Waals surface area contributed by atoms with Gasteiger partial charge in [-0.1, -0.05) is 0 Å². The molecule has 0 unspecified atom stereocenters. The summed E-state index contributed by atoms with van der Waals surface area (Å²) in [6.07, 6.45) is 2.33. The Hall–Kier alpha value is -0.790. The molecule has 23 heavy (non-hydrogen) atoms. The highest BCUT2D eigenvalue weighted by Crippen LogP contribution is 2.37. The molecule has 0 aliphatic carbocycles. The van der Waals surface area contributed by atoms with Crippen molar-refractivity contribution in [2.24, 2.45) is 0 Å². The predicted octanol–water partition coefficient (Wildman–Crippen LogP) is 3.46. The lowest BCUT2D eigenvalue weighted by molar-refractivity contribution is -0.000744. The number of aryl methyl sites for hydroxylation is 1. The molecule has 2 saturated heterocycles. The zero-order chi connectivity index (χ0) is 15.7. The molecule has 0 bridgehead atoms. The molecule has 1 spiro atoms. The fourth-order valence-electron chi connectivity index (χ4n) is 3.57. The van der Waals surface area contributed by atoms with Gasteiger partial charge >= 0.3 is 0 Å². The zero-order valence-electron chi connectivity index (χ0n) is 13.4. The first-order chi connectivity index (χ1) is 11.2. The van der Waals surface area contributed by atoms with Crippen molar-refractivity contribution in [3.8, 4) is 0 Å². The fourth-order valence-corrected chi connectivity index (χ4v) is 4.83. The van der Waals surface area contributed by atoms with Crippen molar-refractivity contribution in [1.82, 2.24) is 9.88 Å². The van der Waals surface area contributed by atoms with E-state index in [1.807, 2.05) is 6.92 Å². The van der Waals surface area contributed by atoms with Gasteiger partial charge in [-0.3, -0.25) is 4.90 Å². The van der Waals surface area contributed by atoms with Crippen LogP contribution in [0.15, 0.2) is 22.2 Å². The van der Waals surface area contributed by atoms with Crippen LogP contribution >= 0.6 is 22.7 Å². The van der Waals surface area contributed by atoms with Gasteiger partial charge in [-0.2, -0.15) is 11.3 Å². The molecule has 0 aromatic carbocycles. The standard InChI is InChI=1S/C17H22N2O2S2/c1-13-18-15(11-23-13)8-20-16-6-17(21-9-16)3-4-19(12-17)7-14-2-5-22-10-14/h2,5,10-11,16H,3-4,6-9,12H2,1H3/t16-,17-/m0/s1. The first-order valence-electron chi connectivity index (χ1n) is 8.11. The summed E-state index contributed by atoms with van der Waals surface area (Å²) in [6, 6.07) is 2.22. The molecule has 6 heteroatoms. The monoisotopic (exact) mass is 350 g/mol. The van der Waals surface area contributed by atoms with Crippen molar-refractivity contribution in [3.63, 3.8) is 0 Å². The Kier molecular flexibility index (Phi) is 4.52. The topological polar surface area (TPSA) is 34.6 Å². The summed E-state index contributed by atoms with van der Waals surface area (Å²) in [5, 5.41) is 7.57. The molecule has 4 heterocycles. The molecule has 124 valence electrons. The lowest BCUT2D eigenvalue weighted by atomic mass is 9.98. The van der Waals surface area contributed by atoms with Gasteiger partial charge in [-0.25, -0.2) is 4.98 Å². The van der Waals surface area contributed by atoms with E-state index in [4.69, 9.17) is 9.47 Å². The molecule has 0 saturated carbocycles. The van der Waals surface area contributed by atoms with Crippen LogP contribution in [0.3, 0.4) is 0 Å². The van der Waals surface area contributed by atoms with Crippen molar-refractivity contribution in [1.29, 1.82) is 0 Å². The van der Waals surface area contributed by atoms with Crippen molar-refractivity contribution >= 4 is 22.7 Å². The minimum atomic E-state index is 0.0126. The Balaban J connectivity index is 1.28. The molecule has 2 atom stereocenters.